The third kappa shape index (κ3) is 4.19. The van der Waals surface area contributed by atoms with Crippen LogP contribution in [0, 0.1) is 5.92 Å². The Balaban J connectivity index is 3.00. The van der Waals surface area contributed by atoms with Gasteiger partial charge in [-0.25, -0.2) is 8.42 Å². The largest absolute Gasteiger partial charge is 0.495 e. The summed E-state index contributed by atoms with van der Waals surface area (Å²) in [6, 6.07) is 4.57. The molecule has 0 aromatic heterocycles. The van der Waals surface area contributed by atoms with Crippen LogP contribution in [0.2, 0.25) is 0 Å². The number of halogens is 1. The van der Waals surface area contributed by atoms with E-state index in [2.05, 4.69) is 21.4 Å². The number of methoxy groups -OCH3 is 1. The summed E-state index contributed by atoms with van der Waals surface area (Å²) in [7, 11) is -2.52. The highest BCUT2D eigenvalue weighted by Gasteiger charge is 2.21. The molecule has 8 heteroatoms. The van der Waals surface area contributed by atoms with Crippen molar-refractivity contribution in [3.8, 4) is 5.75 Å². The molecule has 0 bridgehead atoms. The van der Waals surface area contributed by atoms with Crippen molar-refractivity contribution in [2.45, 2.75) is 18.7 Å². The van der Waals surface area contributed by atoms with E-state index in [0.29, 0.717) is 4.47 Å². The highest BCUT2D eigenvalue weighted by molar-refractivity contribution is 9.10. The summed E-state index contributed by atoms with van der Waals surface area (Å²) in [6.45, 7) is 3.31. The summed E-state index contributed by atoms with van der Waals surface area (Å²) in [6.07, 6.45) is 0. The van der Waals surface area contributed by atoms with Gasteiger partial charge in [-0.2, -0.15) is 0 Å². The zero-order valence-corrected chi connectivity index (χ0v) is 13.1. The van der Waals surface area contributed by atoms with Crippen molar-refractivity contribution in [3.05, 3.63) is 22.7 Å². The highest BCUT2D eigenvalue weighted by Crippen LogP contribution is 2.26. The van der Waals surface area contributed by atoms with Gasteiger partial charge in [0.1, 0.15) is 10.6 Å². The molecule has 0 aliphatic heterocycles. The second kappa shape index (κ2) is 6.36. The first kappa shape index (κ1) is 15.9. The summed E-state index contributed by atoms with van der Waals surface area (Å²) in [5, 5.41) is 0. The maximum Gasteiger partial charge on any atom is 0.261 e. The third-order valence-electron chi connectivity index (χ3n) is 2.25. The minimum Gasteiger partial charge on any atom is -0.495 e. The van der Waals surface area contributed by atoms with Gasteiger partial charge in [0.25, 0.3) is 10.0 Å². The molecule has 106 valence electrons. The molecule has 1 aromatic carbocycles. The van der Waals surface area contributed by atoms with Gasteiger partial charge in [0.15, 0.2) is 0 Å². The van der Waals surface area contributed by atoms with Crippen molar-refractivity contribution < 1.29 is 17.9 Å². The van der Waals surface area contributed by atoms with Crippen LogP contribution < -0.4 is 15.0 Å². The number of hydrogen-bond donors (Lipinski definition) is 2. The first-order valence-electron chi connectivity index (χ1n) is 5.43. The summed E-state index contributed by atoms with van der Waals surface area (Å²) < 4.78 is 29.7. The van der Waals surface area contributed by atoms with E-state index < -0.39 is 15.9 Å². The Kier molecular flexibility index (Phi) is 5.33. The first-order valence-corrected chi connectivity index (χ1v) is 7.70. The molecular formula is C11H15BrN2O4S. The second-order valence-electron chi connectivity index (χ2n) is 4.04. The monoisotopic (exact) mass is 350 g/mol. The molecule has 19 heavy (non-hydrogen) atoms. The first-order chi connectivity index (χ1) is 8.77. The fraction of sp³-hybridized carbons (Fsp3) is 0.364. The van der Waals surface area contributed by atoms with E-state index >= 15 is 0 Å². The van der Waals surface area contributed by atoms with Crippen LogP contribution >= 0.6 is 15.9 Å². The topological polar surface area (TPSA) is 84.5 Å². The average molecular weight is 351 g/mol. The van der Waals surface area contributed by atoms with E-state index in [9.17, 15) is 13.2 Å². The number of hydrazine groups is 1. The molecule has 0 unspecified atom stereocenters. The summed E-state index contributed by atoms with van der Waals surface area (Å²) in [5.74, 6) is -0.556. The number of rotatable bonds is 5. The average Bonchev–Trinajstić information content (AvgIpc) is 2.35. The van der Waals surface area contributed by atoms with Crippen molar-refractivity contribution in [1.82, 2.24) is 10.3 Å². The van der Waals surface area contributed by atoms with Crippen LogP contribution in [0.5, 0.6) is 5.75 Å². The zero-order chi connectivity index (χ0) is 14.6. The lowest BCUT2D eigenvalue weighted by atomic mass is 10.2. The molecule has 1 amide bonds. The molecule has 2 N–H and O–H groups in total. The van der Waals surface area contributed by atoms with Crippen molar-refractivity contribution in [1.29, 1.82) is 0 Å². The molecule has 0 aliphatic carbocycles. The standard InChI is InChI=1S/C11H15BrN2O4S/c1-7(2)11(15)13-14-19(16,17)10-6-8(12)4-5-9(10)18-3/h4-7,14H,1-3H3,(H,13,15). The Morgan fingerprint density at radius 1 is 1.37 bits per heavy atom. The van der Waals surface area contributed by atoms with E-state index in [-0.39, 0.29) is 16.6 Å². The Labute approximate surface area is 120 Å². The van der Waals surface area contributed by atoms with Crippen LogP contribution in [0.4, 0.5) is 0 Å². The predicted octanol–water partition coefficient (Wildman–Crippen LogP) is 1.42. The van der Waals surface area contributed by atoms with Crippen LogP contribution in [0.3, 0.4) is 0 Å². The molecule has 6 nitrogen and oxygen atoms in total. The Morgan fingerprint density at radius 2 is 2.00 bits per heavy atom. The van der Waals surface area contributed by atoms with E-state index in [1.165, 1.54) is 19.2 Å². The normalized spacial score (nSPS) is 11.4. The van der Waals surface area contributed by atoms with Gasteiger partial charge in [0, 0.05) is 10.4 Å². The number of hydrogen-bond acceptors (Lipinski definition) is 4. The van der Waals surface area contributed by atoms with Crippen molar-refractivity contribution in [3.63, 3.8) is 0 Å². The number of benzene rings is 1. The van der Waals surface area contributed by atoms with Crippen molar-refractivity contribution in [2.75, 3.05) is 7.11 Å². The number of amides is 1. The molecule has 0 saturated carbocycles. The minimum absolute atomic E-state index is 0.0616. The van der Waals surface area contributed by atoms with Gasteiger partial charge in [0.05, 0.1) is 7.11 Å². The molecule has 0 atom stereocenters. The predicted molar refractivity (Wildman–Crippen MR) is 74.0 cm³/mol. The van der Waals surface area contributed by atoms with E-state index in [1.807, 2.05) is 4.83 Å². The van der Waals surface area contributed by atoms with Crippen LogP contribution in [-0.2, 0) is 14.8 Å². The number of carbonyl (C=O) groups is 1. The number of ether oxygens (including phenoxy) is 1. The third-order valence-corrected chi connectivity index (χ3v) is 4.01. The number of sulfonamides is 1. The molecule has 0 heterocycles. The molecule has 1 rings (SSSR count). The summed E-state index contributed by atoms with van der Waals surface area (Å²) >= 11 is 3.19. The maximum absolute atomic E-state index is 12.1. The molecule has 1 aromatic rings. The SMILES string of the molecule is COc1ccc(Br)cc1S(=O)(=O)NNC(=O)C(C)C. The van der Waals surface area contributed by atoms with E-state index in [4.69, 9.17) is 4.74 Å². The van der Waals surface area contributed by atoms with Gasteiger partial charge < -0.3 is 4.74 Å². The highest BCUT2D eigenvalue weighted by atomic mass is 79.9. The van der Waals surface area contributed by atoms with Gasteiger partial charge in [-0.15, -0.1) is 4.83 Å². The van der Waals surface area contributed by atoms with Gasteiger partial charge >= 0.3 is 0 Å². The molecular weight excluding hydrogens is 336 g/mol. The molecule has 0 spiro atoms. The molecule has 0 saturated heterocycles. The fourth-order valence-electron chi connectivity index (χ4n) is 1.18. The molecule has 0 radical (unpaired) electrons. The van der Waals surface area contributed by atoms with Gasteiger partial charge in [-0.1, -0.05) is 29.8 Å². The van der Waals surface area contributed by atoms with Crippen molar-refractivity contribution >= 4 is 31.9 Å². The Hall–Kier alpha value is -1.12. The number of nitrogens with one attached hydrogen (secondary N) is 2. The minimum atomic E-state index is -3.89. The molecule has 0 fully saturated rings. The van der Waals surface area contributed by atoms with E-state index in [0.717, 1.165) is 0 Å². The van der Waals surface area contributed by atoms with Crippen LogP contribution in [-0.4, -0.2) is 21.4 Å². The van der Waals surface area contributed by atoms with Crippen LogP contribution in [0.15, 0.2) is 27.6 Å². The van der Waals surface area contributed by atoms with Gasteiger partial charge in [-0.05, 0) is 18.2 Å². The van der Waals surface area contributed by atoms with Gasteiger partial charge in [-0.3, -0.25) is 10.2 Å². The Morgan fingerprint density at radius 3 is 2.53 bits per heavy atom. The smallest absolute Gasteiger partial charge is 0.261 e. The lowest BCUT2D eigenvalue weighted by Gasteiger charge is -2.12. The zero-order valence-electron chi connectivity index (χ0n) is 10.7. The van der Waals surface area contributed by atoms with Crippen molar-refractivity contribution in [2.24, 2.45) is 5.92 Å². The lowest BCUT2D eigenvalue weighted by Crippen LogP contribution is -2.43. The van der Waals surface area contributed by atoms with Crippen LogP contribution in [0.1, 0.15) is 13.8 Å². The quantitative estimate of drug-likeness (QED) is 0.786. The summed E-state index contributed by atoms with van der Waals surface area (Å²) in [5.41, 5.74) is 2.14. The molecule has 0 aliphatic rings. The number of carbonyl (C=O) groups excluding carboxylic acids is 1. The van der Waals surface area contributed by atoms with Gasteiger partial charge in [0.2, 0.25) is 5.91 Å². The maximum atomic E-state index is 12.1. The lowest BCUT2D eigenvalue weighted by molar-refractivity contribution is -0.124. The fourth-order valence-corrected chi connectivity index (χ4v) is 2.73. The van der Waals surface area contributed by atoms with Crippen LogP contribution in [0.25, 0.3) is 0 Å². The second-order valence-corrected chi connectivity index (χ2v) is 6.61. The summed E-state index contributed by atoms with van der Waals surface area (Å²) in [4.78, 5) is 13.3. The van der Waals surface area contributed by atoms with E-state index in [1.54, 1.807) is 19.9 Å². The Bertz CT molecular complexity index is 572.